The van der Waals surface area contributed by atoms with Crippen LogP contribution in [0.4, 0.5) is 0 Å². The molecule has 1 heterocycles. The van der Waals surface area contributed by atoms with E-state index in [2.05, 4.69) is 20.4 Å². The summed E-state index contributed by atoms with van der Waals surface area (Å²) in [4.78, 5) is 34.6. The zero-order chi connectivity index (χ0) is 21.2. The smallest absolute Gasteiger partial charge is 0.241 e. The molecular weight excluding hydrogens is 368 g/mol. The Morgan fingerprint density at radius 2 is 1.76 bits per heavy atom. The molecule has 0 unspecified atom stereocenters. The Kier molecular flexibility index (Phi) is 8.92. The molecule has 8 heteroatoms. The van der Waals surface area contributed by atoms with Crippen molar-refractivity contribution in [3.63, 3.8) is 0 Å². The minimum absolute atomic E-state index is 0.00130. The summed E-state index contributed by atoms with van der Waals surface area (Å²) < 4.78 is 0. The zero-order valence-corrected chi connectivity index (χ0v) is 18.0. The van der Waals surface area contributed by atoms with Crippen molar-refractivity contribution >= 4 is 17.8 Å². The number of nitrogens with zero attached hydrogens (tertiary/aromatic N) is 4. The van der Waals surface area contributed by atoms with Crippen LogP contribution in [-0.2, 0) is 16.1 Å². The summed E-state index contributed by atoms with van der Waals surface area (Å²) in [5.74, 6) is 0.790. The van der Waals surface area contributed by atoms with Crippen molar-refractivity contribution in [2.24, 2.45) is 4.99 Å². The molecule has 1 saturated heterocycles. The van der Waals surface area contributed by atoms with E-state index in [0.717, 1.165) is 37.7 Å². The van der Waals surface area contributed by atoms with Gasteiger partial charge in [0.1, 0.15) is 0 Å². The lowest BCUT2D eigenvalue weighted by Crippen LogP contribution is -2.55. The van der Waals surface area contributed by atoms with Crippen molar-refractivity contribution in [2.75, 3.05) is 53.4 Å². The van der Waals surface area contributed by atoms with Crippen molar-refractivity contribution in [3.05, 3.63) is 35.9 Å². The second-order valence-corrected chi connectivity index (χ2v) is 7.75. The quantitative estimate of drug-likeness (QED) is 0.509. The topological polar surface area (TPSA) is 80.3 Å². The molecule has 2 amide bonds. The number of aliphatic imine (C=N–C) groups is 1. The van der Waals surface area contributed by atoms with Crippen LogP contribution in [0.1, 0.15) is 19.4 Å². The number of benzene rings is 1. The van der Waals surface area contributed by atoms with Crippen LogP contribution < -0.4 is 10.6 Å². The lowest BCUT2D eigenvalue weighted by molar-refractivity contribution is -0.127. The number of piperazine rings is 1. The van der Waals surface area contributed by atoms with Crippen LogP contribution in [0.5, 0.6) is 0 Å². The minimum Gasteiger partial charge on any atom is -0.353 e. The molecule has 2 rings (SSSR count). The molecule has 0 spiro atoms. The average Bonchev–Trinajstić information content (AvgIpc) is 2.68. The van der Waals surface area contributed by atoms with Crippen LogP contribution in [0, 0.1) is 0 Å². The number of guanidine groups is 1. The van der Waals surface area contributed by atoms with Crippen molar-refractivity contribution in [1.82, 2.24) is 25.3 Å². The highest BCUT2D eigenvalue weighted by Crippen LogP contribution is 2.05. The number of likely N-dealkylation sites (N-methyl/N-ethyl adjacent to an activating group) is 1. The van der Waals surface area contributed by atoms with Gasteiger partial charge in [-0.15, -0.1) is 0 Å². The molecule has 0 radical (unpaired) electrons. The first kappa shape index (κ1) is 22.7. The molecule has 0 bridgehead atoms. The summed E-state index contributed by atoms with van der Waals surface area (Å²) >= 11 is 0. The summed E-state index contributed by atoms with van der Waals surface area (Å²) in [6.45, 7) is 8.16. The summed E-state index contributed by atoms with van der Waals surface area (Å²) in [5, 5.41) is 6.14. The van der Waals surface area contributed by atoms with Crippen LogP contribution >= 0.6 is 0 Å². The average molecular weight is 403 g/mol. The normalized spacial score (nSPS) is 15.3. The molecule has 0 aromatic heterocycles. The van der Waals surface area contributed by atoms with Crippen LogP contribution in [0.2, 0.25) is 0 Å². The Morgan fingerprint density at radius 3 is 2.34 bits per heavy atom. The van der Waals surface area contributed by atoms with Gasteiger partial charge in [-0.2, -0.15) is 0 Å². The fourth-order valence-electron chi connectivity index (χ4n) is 3.02. The first-order chi connectivity index (χ1) is 13.8. The van der Waals surface area contributed by atoms with Gasteiger partial charge in [0.05, 0.1) is 19.6 Å². The van der Waals surface area contributed by atoms with E-state index < -0.39 is 0 Å². The number of hydrogen-bond acceptors (Lipinski definition) is 4. The van der Waals surface area contributed by atoms with E-state index in [1.165, 1.54) is 0 Å². The molecule has 0 saturated carbocycles. The maximum Gasteiger partial charge on any atom is 0.241 e. The van der Waals surface area contributed by atoms with Gasteiger partial charge in [-0.25, -0.2) is 4.99 Å². The third kappa shape index (κ3) is 8.11. The minimum atomic E-state index is 0.00130. The zero-order valence-electron chi connectivity index (χ0n) is 18.0. The molecular formula is C21H34N6O2. The van der Waals surface area contributed by atoms with Crippen LogP contribution in [-0.4, -0.2) is 91.9 Å². The van der Waals surface area contributed by atoms with Gasteiger partial charge in [0, 0.05) is 46.3 Å². The number of carbonyl (C=O) groups excluding carboxylic acids is 2. The number of carbonyl (C=O) groups is 2. The van der Waals surface area contributed by atoms with Gasteiger partial charge in [0.25, 0.3) is 0 Å². The monoisotopic (exact) mass is 402 g/mol. The van der Waals surface area contributed by atoms with E-state index in [-0.39, 0.29) is 24.4 Å². The van der Waals surface area contributed by atoms with Crippen LogP contribution in [0.25, 0.3) is 0 Å². The van der Waals surface area contributed by atoms with Crippen molar-refractivity contribution in [2.45, 2.75) is 26.4 Å². The highest BCUT2D eigenvalue weighted by molar-refractivity contribution is 5.86. The SMILES string of the molecule is CC(C)NC(=O)CN1CCN(C(=NCc2ccccc2)NCC(=O)N(C)C)CC1. The van der Waals surface area contributed by atoms with E-state index in [1.807, 2.05) is 44.2 Å². The Bertz CT molecular complexity index is 682. The summed E-state index contributed by atoms with van der Waals surface area (Å²) in [7, 11) is 3.48. The van der Waals surface area contributed by atoms with Gasteiger partial charge in [0.15, 0.2) is 5.96 Å². The number of amides is 2. The van der Waals surface area contributed by atoms with Crippen molar-refractivity contribution < 1.29 is 9.59 Å². The third-order valence-corrected chi connectivity index (χ3v) is 4.64. The second-order valence-electron chi connectivity index (χ2n) is 7.75. The first-order valence-electron chi connectivity index (χ1n) is 10.1. The van der Waals surface area contributed by atoms with E-state index in [0.29, 0.717) is 13.1 Å². The summed E-state index contributed by atoms with van der Waals surface area (Å²) in [6, 6.07) is 10.2. The Labute approximate surface area is 173 Å². The maximum atomic E-state index is 12.0. The summed E-state index contributed by atoms with van der Waals surface area (Å²) in [6.07, 6.45) is 0. The Hall–Kier alpha value is -2.61. The van der Waals surface area contributed by atoms with Gasteiger partial charge in [0.2, 0.25) is 11.8 Å². The fourth-order valence-corrected chi connectivity index (χ4v) is 3.02. The highest BCUT2D eigenvalue weighted by atomic mass is 16.2. The molecule has 1 aromatic rings. The van der Waals surface area contributed by atoms with Gasteiger partial charge >= 0.3 is 0 Å². The Morgan fingerprint density at radius 1 is 1.10 bits per heavy atom. The lowest BCUT2D eigenvalue weighted by atomic mass is 10.2. The molecule has 29 heavy (non-hydrogen) atoms. The molecule has 1 aliphatic rings. The predicted molar refractivity (Wildman–Crippen MR) is 116 cm³/mol. The van der Waals surface area contributed by atoms with E-state index in [1.54, 1.807) is 19.0 Å². The van der Waals surface area contributed by atoms with Crippen molar-refractivity contribution in [1.29, 1.82) is 0 Å². The molecule has 1 aliphatic heterocycles. The highest BCUT2D eigenvalue weighted by Gasteiger charge is 2.22. The second kappa shape index (κ2) is 11.4. The largest absolute Gasteiger partial charge is 0.353 e. The van der Waals surface area contributed by atoms with Crippen molar-refractivity contribution in [3.8, 4) is 0 Å². The molecule has 2 N–H and O–H groups in total. The van der Waals surface area contributed by atoms with E-state index in [4.69, 9.17) is 4.99 Å². The lowest BCUT2D eigenvalue weighted by Gasteiger charge is -2.36. The molecule has 1 fully saturated rings. The standard InChI is InChI=1S/C21H34N6O2/c1-17(2)24-19(28)16-26-10-12-27(13-11-26)21(23-15-20(29)25(3)4)22-14-18-8-6-5-7-9-18/h5-9,17H,10-16H2,1-4H3,(H,22,23)(H,24,28). The fraction of sp³-hybridized carbons (Fsp3) is 0.571. The predicted octanol–water partition coefficient (Wildman–Crippen LogP) is 0.363. The molecule has 160 valence electrons. The first-order valence-corrected chi connectivity index (χ1v) is 10.1. The van der Waals surface area contributed by atoms with Gasteiger partial charge in [-0.05, 0) is 19.4 Å². The van der Waals surface area contributed by atoms with Gasteiger partial charge in [-0.3, -0.25) is 14.5 Å². The Balaban J connectivity index is 1.95. The van der Waals surface area contributed by atoms with Gasteiger partial charge < -0.3 is 20.4 Å². The molecule has 8 nitrogen and oxygen atoms in total. The van der Waals surface area contributed by atoms with E-state index >= 15 is 0 Å². The summed E-state index contributed by atoms with van der Waals surface area (Å²) in [5.41, 5.74) is 1.12. The molecule has 0 aliphatic carbocycles. The van der Waals surface area contributed by atoms with Gasteiger partial charge in [-0.1, -0.05) is 30.3 Å². The molecule has 1 aromatic carbocycles. The van der Waals surface area contributed by atoms with Crippen LogP contribution in [0.3, 0.4) is 0 Å². The maximum absolute atomic E-state index is 12.0. The number of nitrogens with one attached hydrogen (secondary N) is 2. The van der Waals surface area contributed by atoms with E-state index in [9.17, 15) is 9.59 Å². The third-order valence-electron chi connectivity index (χ3n) is 4.64. The molecule has 0 atom stereocenters. The number of rotatable bonds is 7. The number of hydrogen-bond donors (Lipinski definition) is 2. The van der Waals surface area contributed by atoms with Crippen LogP contribution in [0.15, 0.2) is 35.3 Å².